The van der Waals surface area contributed by atoms with Crippen molar-refractivity contribution in [3.05, 3.63) is 59.8 Å². The highest BCUT2D eigenvalue weighted by Gasteiger charge is 1.95. The first-order valence-corrected chi connectivity index (χ1v) is 10.7. The first kappa shape index (κ1) is 29.4. The fourth-order valence-electron chi connectivity index (χ4n) is 2.06. The molecule has 3 aliphatic rings. The van der Waals surface area contributed by atoms with Crippen LogP contribution in [-0.2, 0) is 0 Å². The molecule has 0 aromatic rings. The molecule has 1 nitrogen and oxygen atoms in total. The zero-order valence-electron chi connectivity index (χ0n) is 18.5. The smallest absolute Gasteiger partial charge is 0 e. The first-order chi connectivity index (χ1) is 12.4. The van der Waals surface area contributed by atoms with Crippen molar-refractivity contribution in [3.8, 4) is 0 Å². The fraction of sp³-hybridized carbons (Fsp3) is 0.600. The molecule has 0 aromatic carbocycles. The van der Waals surface area contributed by atoms with E-state index in [0.717, 1.165) is 6.42 Å². The van der Waals surface area contributed by atoms with Gasteiger partial charge in [-0.15, -0.1) is 0 Å². The van der Waals surface area contributed by atoms with Gasteiger partial charge < -0.3 is 5.48 Å². The topological polar surface area (TPSA) is 31.5 Å². The van der Waals surface area contributed by atoms with Gasteiger partial charge in [0.1, 0.15) is 0 Å². The van der Waals surface area contributed by atoms with Crippen molar-refractivity contribution in [1.29, 1.82) is 0 Å². The van der Waals surface area contributed by atoms with Gasteiger partial charge in [-0.05, 0) is 45.4 Å². The highest BCUT2D eigenvalue weighted by Crippen LogP contribution is 2.15. The summed E-state index contributed by atoms with van der Waals surface area (Å²) in [6.07, 6.45) is 29.5. The van der Waals surface area contributed by atoms with E-state index in [1.165, 1.54) is 56.9 Å². The van der Waals surface area contributed by atoms with Crippen LogP contribution in [0.15, 0.2) is 59.8 Å². The third-order valence-corrected chi connectivity index (χ3v) is 3.59. The lowest BCUT2D eigenvalue weighted by Gasteiger charge is -2.03. The Morgan fingerprint density at radius 3 is 2.04 bits per heavy atom. The summed E-state index contributed by atoms with van der Waals surface area (Å²) in [5.41, 5.74) is 3.09. The van der Waals surface area contributed by atoms with E-state index < -0.39 is 0 Å². The second-order valence-corrected chi connectivity index (χ2v) is 5.73. The Balaban J connectivity index is -0.000000140. The molecule has 1 saturated carbocycles. The van der Waals surface area contributed by atoms with E-state index in [1.807, 2.05) is 27.7 Å². The van der Waals surface area contributed by atoms with E-state index >= 15 is 0 Å². The summed E-state index contributed by atoms with van der Waals surface area (Å²) in [5.74, 6) is 0. The third kappa shape index (κ3) is 22.7. The maximum absolute atomic E-state index is 2.30. The Labute approximate surface area is 166 Å². The summed E-state index contributed by atoms with van der Waals surface area (Å²) in [4.78, 5) is 0. The van der Waals surface area contributed by atoms with Crippen molar-refractivity contribution in [2.75, 3.05) is 0 Å². The van der Waals surface area contributed by atoms with Crippen LogP contribution in [0.4, 0.5) is 0 Å². The van der Waals surface area contributed by atoms with Crippen LogP contribution in [0.2, 0.25) is 0 Å². The maximum Gasteiger partial charge on any atom is 0 e. The normalized spacial score (nSPS) is 15.3. The summed E-state index contributed by atoms with van der Waals surface area (Å²) in [5, 5.41) is 0. The minimum atomic E-state index is 0. The van der Waals surface area contributed by atoms with E-state index in [9.17, 15) is 0 Å². The molecule has 0 aliphatic heterocycles. The molecular formula is C25H48O. The van der Waals surface area contributed by atoms with Gasteiger partial charge in [-0.2, -0.15) is 0 Å². The first-order valence-electron chi connectivity index (χ1n) is 10.7. The lowest BCUT2D eigenvalue weighted by Crippen LogP contribution is -1.83. The van der Waals surface area contributed by atoms with Gasteiger partial charge in [-0.1, -0.05) is 114 Å². The molecule has 0 amide bonds. The van der Waals surface area contributed by atoms with Crippen molar-refractivity contribution in [2.24, 2.45) is 0 Å². The molecule has 3 aliphatic carbocycles. The van der Waals surface area contributed by atoms with E-state index in [0.29, 0.717) is 0 Å². The average Bonchev–Trinajstić information content (AvgIpc) is 3.51. The Kier molecular flexibility index (Phi) is 29.3. The molecule has 0 atom stereocenters. The van der Waals surface area contributed by atoms with Crippen LogP contribution in [0.3, 0.4) is 0 Å². The molecule has 26 heavy (non-hydrogen) atoms. The molecule has 154 valence electrons. The van der Waals surface area contributed by atoms with Gasteiger partial charge in [0, 0.05) is 1.43 Å². The van der Waals surface area contributed by atoms with Crippen LogP contribution in [0.1, 0.15) is 101 Å². The minimum Gasteiger partial charge on any atom is -0.412 e. The number of hydrogen-bond acceptors (Lipinski definition) is 0. The zero-order valence-corrected chi connectivity index (χ0v) is 18.5. The molecule has 1 heteroatoms. The molecule has 0 heterocycles. The van der Waals surface area contributed by atoms with E-state index in [2.05, 4.69) is 62.5 Å². The Bertz CT molecular complexity index is 409. The van der Waals surface area contributed by atoms with Gasteiger partial charge in [0.05, 0.1) is 0 Å². The Hall–Kier alpha value is -1.34. The summed E-state index contributed by atoms with van der Waals surface area (Å²) in [7, 11) is 0. The van der Waals surface area contributed by atoms with Gasteiger partial charge in [0.25, 0.3) is 0 Å². The number of rotatable bonds is 4. The third-order valence-electron chi connectivity index (χ3n) is 3.59. The molecule has 0 bridgehead atoms. The summed E-state index contributed by atoms with van der Waals surface area (Å²) < 4.78 is 0. The SMILES string of the molecule is C/C=C/CCC1=CCC=C1.C1CC1.CC.CC.CCC1=CC=CCC1.O.[HH]. The highest BCUT2D eigenvalue weighted by atomic mass is 16.0. The van der Waals surface area contributed by atoms with Gasteiger partial charge in [-0.3, -0.25) is 0 Å². The summed E-state index contributed by atoms with van der Waals surface area (Å²) in [6.45, 7) is 12.3. The van der Waals surface area contributed by atoms with Gasteiger partial charge in [-0.25, -0.2) is 0 Å². The van der Waals surface area contributed by atoms with E-state index in [-0.39, 0.29) is 6.90 Å². The molecule has 2 N–H and O–H groups in total. The van der Waals surface area contributed by atoms with Crippen molar-refractivity contribution >= 4 is 0 Å². The van der Waals surface area contributed by atoms with Gasteiger partial charge in [0.2, 0.25) is 0 Å². The molecular weight excluding hydrogens is 316 g/mol. The predicted octanol–water partition coefficient (Wildman–Crippen LogP) is 8.55. The number of hydrogen-bond donors (Lipinski definition) is 0. The Morgan fingerprint density at radius 2 is 1.69 bits per heavy atom. The monoisotopic (exact) mass is 364 g/mol. The fourth-order valence-corrected chi connectivity index (χ4v) is 2.06. The zero-order chi connectivity index (χ0) is 19.2. The lowest BCUT2D eigenvalue weighted by atomic mass is 10.0. The molecule has 0 unspecified atom stereocenters. The predicted molar refractivity (Wildman–Crippen MR) is 125 cm³/mol. The van der Waals surface area contributed by atoms with Gasteiger partial charge >= 0.3 is 0 Å². The average molecular weight is 365 g/mol. The standard InChI is InChI=1S/C10H14.C8H12.C3H6.2C2H6.H2O.H2/c1-2-3-4-7-10-8-5-6-9-10;1-2-8-6-4-3-5-7-8;1-2-3-1;2*1-2;;/h2-3,5,8-9H,4,6-7H2,1H3;3-4,6H,2,5,7H2,1H3;1-3H2;2*1-2H3;1H2;1H/b3-2+;;;;;;. The highest BCUT2D eigenvalue weighted by molar-refractivity contribution is 5.26. The van der Waals surface area contributed by atoms with E-state index in [1.54, 1.807) is 5.57 Å². The van der Waals surface area contributed by atoms with Crippen molar-refractivity contribution in [3.63, 3.8) is 0 Å². The largest absolute Gasteiger partial charge is 0.412 e. The van der Waals surface area contributed by atoms with Gasteiger partial charge in [0.15, 0.2) is 0 Å². The van der Waals surface area contributed by atoms with Crippen LogP contribution in [-0.4, -0.2) is 5.48 Å². The molecule has 1 fully saturated rings. The second-order valence-electron chi connectivity index (χ2n) is 5.73. The van der Waals surface area contributed by atoms with E-state index in [4.69, 9.17) is 0 Å². The lowest BCUT2D eigenvalue weighted by molar-refractivity contribution is 0.824. The van der Waals surface area contributed by atoms with Crippen molar-refractivity contribution in [1.82, 2.24) is 0 Å². The van der Waals surface area contributed by atoms with Crippen LogP contribution in [0, 0.1) is 0 Å². The summed E-state index contributed by atoms with van der Waals surface area (Å²) in [6, 6.07) is 0. The molecule has 3 rings (SSSR count). The van der Waals surface area contributed by atoms with Crippen molar-refractivity contribution < 1.29 is 6.90 Å². The summed E-state index contributed by atoms with van der Waals surface area (Å²) >= 11 is 0. The maximum atomic E-state index is 2.30. The van der Waals surface area contributed by atoms with Crippen LogP contribution in [0.25, 0.3) is 0 Å². The van der Waals surface area contributed by atoms with Crippen LogP contribution < -0.4 is 0 Å². The minimum absolute atomic E-state index is 0. The second kappa shape index (κ2) is 25.9. The molecule has 0 radical (unpaired) electrons. The number of allylic oxidation sites excluding steroid dienone is 10. The van der Waals surface area contributed by atoms with Crippen LogP contribution in [0.5, 0.6) is 0 Å². The molecule has 0 saturated heterocycles. The molecule has 0 aromatic heterocycles. The molecule has 0 spiro atoms. The van der Waals surface area contributed by atoms with Crippen molar-refractivity contribution in [2.45, 2.75) is 99.3 Å². The quantitative estimate of drug-likeness (QED) is 0.447. The Morgan fingerprint density at radius 1 is 1.04 bits per heavy atom. The van der Waals surface area contributed by atoms with Crippen LogP contribution >= 0.6 is 0 Å².